The number of nitrogens with two attached hydrogens (primary N) is 1. The highest BCUT2D eigenvalue weighted by Gasteiger charge is 2.31. The Labute approximate surface area is 162 Å². The number of hydrogen-bond donors (Lipinski definition) is 4. The smallest absolute Gasteiger partial charge is 0.338 e. The molecule has 1 atom stereocenters. The van der Waals surface area contributed by atoms with Gasteiger partial charge in [-0.1, -0.05) is 6.07 Å². The quantitative estimate of drug-likeness (QED) is 0.291. The van der Waals surface area contributed by atoms with E-state index >= 15 is 0 Å². The average Bonchev–Trinajstić information content (AvgIpc) is 2.66. The number of aliphatic carboxylic acids is 1. The number of esters is 1. The number of carboxylic acids is 1. The molecule has 2 rings (SSSR count). The molecule has 0 saturated carbocycles. The van der Waals surface area contributed by atoms with Crippen LogP contribution in [0.4, 0.5) is 0 Å². The van der Waals surface area contributed by atoms with Gasteiger partial charge in [0.25, 0.3) is 0 Å². The maximum Gasteiger partial charge on any atom is 0.338 e. The lowest BCUT2D eigenvalue weighted by molar-refractivity contribution is -0.138. The van der Waals surface area contributed by atoms with Gasteiger partial charge in [0, 0.05) is 0 Å². The average molecular weight is 389 g/mol. The standard InChI is InChI=1S/C20H23NO7/c1-27-15-6-3-13(4-7-15)19(26)28-10-2-9-20(21,12-18(24)25)14-5-8-16(22)17(23)11-14/h3-8,11,22-23H,2,9-10,12,21H2,1H3,(H,24,25). The Kier molecular flexibility index (Phi) is 6.84. The van der Waals surface area contributed by atoms with Gasteiger partial charge in [0.2, 0.25) is 0 Å². The highest BCUT2D eigenvalue weighted by Crippen LogP contribution is 2.33. The van der Waals surface area contributed by atoms with Crippen LogP contribution in [0.5, 0.6) is 17.2 Å². The van der Waals surface area contributed by atoms with Gasteiger partial charge >= 0.3 is 11.9 Å². The summed E-state index contributed by atoms with van der Waals surface area (Å²) >= 11 is 0. The fourth-order valence-electron chi connectivity index (χ4n) is 2.80. The molecule has 0 heterocycles. The molecule has 0 aliphatic carbocycles. The number of carbonyl (C=O) groups excluding carboxylic acids is 1. The van der Waals surface area contributed by atoms with E-state index in [9.17, 15) is 24.9 Å². The first-order chi connectivity index (χ1) is 13.2. The Morgan fingerprint density at radius 2 is 1.75 bits per heavy atom. The van der Waals surface area contributed by atoms with Crippen LogP contribution in [0.3, 0.4) is 0 Å². The molecule has 0 aromatic heterocycles. The van der Waals surface area contributed by atoms with E-state index in [4.69, 9.17) is 15.2 Å². The molecule has 150 valence electrons. The zero-order chi connectivity index (χ0) is 20.7. The van der Waals surface area contributed by atoms with Crippen LogP contribution in [0.2, 0.25) is 0 Å². The van der Waals surface area contributed by atoms with Crippen molar-refractivity contribution in [2.24, 2.45) is 5.73 Å². The van der Waals surface area contributed by atoms with Crippen LogP contribution in [0.1, 0.15) is 35.2 Å². The number of hydrogen-bond acceptors (Lipinski definition) is 7. The zero-order valence-corrected chi connectivity index (χ0v) is 15.4. The number of phenols is 2. The predicted octanol–water partition coefficient (Wildman–Crippen LogP) is 2.37. The van der Waals surface area contributed by atoms with Crippen LogP contribution < -0.4 is 10.5 Å². The van der Waals surface area contributed by atoms with Crippen molar-refractivity contribution in [3.8, 4) is 17.2 Å². The van der Waals surface area contributed by atoms with E-state index in [0.717, 1.165) is 0 Å². The van der Waals surface area contributed by atoms with Crippen LogP contribution in [-0.2, 0) is 15.1 Å². The number of phenolic OH excluding ortho intramolecular Hbond substituents is 2. The first kappa shape index (κ1) is 21.0. The molecule has 0 aliphatic rings. The summed E-state index contributed by atoms with van der Waals surface area (Å²) in [7, 11) is 1.53. The van der Waals surface area contributed by atoms with E-state index in [1.165, 1.54) is 25.3 Å². The molecule has 2 aromatic rings. The first-order valence-electron chi connectivity index (χ1n) is 8.59. The summed E-state index contributed by atoms with van der Waals surface area (Å²) in [4.78, 5) is 23.3. The van der Waals surface area contributed by atoms with Crippen molar-refractivity contribution in [1.82, 2.24) is 0 Å². The van der Waals surface area contributed by atoms with Crippen molar-refractivity contribution in [3.05, 3.63) is 53.6 Å². The molecule has 8 heteroatoms. The van der Waals surface area contributed by atoms with E-state index in [1.807, 2.05) is 0 Å². The van der Waals surface area contributed by atoms with Crippen LogP contribution in [-0.4, -0.2) is 41.0 Å². The number of carboxylic acid groups (broad SMARTS) is 1. The molecule has 8 nitrogen and oxygen atoms in total. The molecule has 0 fully saturated rings. The predicted molar refractivity (Wildman–Crippen MR) is 100 cm³/mol. The molecule has 2 aromatic carbocycles. The molecule has 5 N–H and O–H groups in total. The molecule has 0 bridgehead atoms. The minimum absolute atomic E-state index is 0.0491. The first-order valence-corrected chi connectivity index (χ1v) is 8.59. The molecule has 28 heavy (non-hydrogen) atoms. The van der Waals surface area contributed by atoms with Crippen molar-refractivity contribution < 1.29 is 34.4 Å². The van der Waals surface area contributed by atoms with E-state index in [0.29, 0.717) is 23.3 Å². The second-order valence-electron chi connectivity index (χ2n) is 6.40. The number of methoxy groups -OCH3 is 1. The zero-order valence-electron chi connectivity index (χ0n) is 15.4. The van der Waals surface area contributed by atoms with Gasteiger partial charge in [-0.05, 0) is 54.8 Å². The van der Waals surface area contributed by atoms with Gasteiger partial charge in [-0.25, -0.2) is 4.79 Å². The van der Waals surface area contributed by atoms with Crippen LogP contribution in [0, 0.1) is 0 Å². The van der Waals surface area contributed by atoms with Gasteiger partial charge in [0.05, 0.1) is 31.2 Å². The summed E-state index contributed by atoms with van der Waals surface area (Å²) in [6, 6.07) is 10.4. The largest absolute Gasteiger partial charge is 0.504 e. The number of carbonyl (C=O) groups is 2. The number of rotatable bonds is 9. The van der Waals surface area contributed by atoms with Crippen molar-refractivity contribution in [1.29, 1.82) is 0 Å². The van der Waals surface area contributed by atoms with Gasteiger partial charge in [-0.3, -0.25) is 4.79 Å². The minimum Gasteiger partial charge on any atom is -0.504 e. The fourth-order valence-corrected chi connectivity index (χ4v) is 2.80. The van der Waals surface area contributed by atoms with Gasteiger partial charge in [0.15, 0.2) is 11.5 Å². The van der Waals surface area contributed by atoms with Gasteiger partial charge in [-0.15, -0.1) is 0 Å². The second kappa shape index (κ2) is 9.09. The summed E-state index contributed by atoms with van der Waals surface area (Å²) in [6.07, 6.45) is 0.121. The van der Waals surface area contributed by atoms with E-state index in [2.05, 4.69) is 0 Å². The van der Waals surface area contributed by atoms with Gasteiger partial charge in [-0.2, -0.15) is 0 Å². The third-order valence-electron chi connectivity index (χ3n) is 4.34. The topological polar surface area (TPSA) is 139 Å². The lowest BCUT2D eigenvalue weighted by atomic mass is 9.83. The lowest BCUT2D eigenvalue weighted by Crippen LogP contribution is -2.39. The third-order valence-corrected chi connectivity index (χ3v) is 4.34. The normalized spacial score (nSPS) is 12.8. The summed E-state index contributed by atoms with van der Waals surface area (Å²) < 4.78 is 10.2. The molecule has 0 saturated heterocycles. The molecule has 0 amide bonds. The Morgan fingerprint density at radius 1 is 1.07 bits per heavy atom. The summed E-state index contributed by atoms with van der Waals surface area (Å²) in [5, 5.41) is 28.3. The summed E-state index contributed by atoms with van der Waals surface area (Å²) in [6.45, 7) is 0.0491. The summed E-state index contributed by atoms with van der Waals surface area (Å²) in [5.41, 5.74) is 5.72. The highest BCUT2D eigenvalue weighted by atomic mass is 16.5. The van der Waals surface area contributed by atoms with Crippen LogP contribution in [0.25, 0.3) is 0 Å². The number of aromatic hydroxyl groups is 2. The molecule has 0 aliphatic heterocycles. The third kappa shape index (κ3) is 5.37. The minimum atomic E-state index is -1.29. The van der Waals surface area contributed by atoms with Crippen molar-refractivity contribution in [2.45, 2.75) is 24.8 Å². The summed E-state index contributed by atoms with van der Waals surface area (Å²) in [5.74, 6) is -1.70. The maximum atomic E-state index is 12.0. The molecule has 1 unspecified atom stereocenters. The SMILES string of the molecule is COc1ccc(C(=O)OCCCC(N)(CC(=O)O)c2ccc(O)c(O)c2)cc1. The van der Waals surface area contributed by atoms with Crippen molar-refractivity contribution in [3.63, 3.8) is 0 Å². The Hall–Kier alpha value is -3.26. The van der Waals surface area contributed by atoms with E-state index < -0.39 is 17.5 Å². The maximum absolute atomic E-state index is 12.0. The van der Waals surface area contributed by atoms with E-state index in [-0.39, 0.29) is 30.9 Å². The van der Waals surface area contributed by atoms with Crippen molar-refractivity contribution in [2.75, 3.05) is 13.7 Å². The van der Waals surface area contributed by atoms with E-state index in [1.54, 1.807) is 24.3 Å². The van der Waals surface area contributed by atoms with Crippen LogP contribution in [0.15, 0.2) is 42.5 Å². The molecule has 0 spiro atoms. The fraction of sp³-hybridized carbons (Fsp3) is 0.300. The number of benzene rings is 2. The van der Waals surface area contributed by atoms with Gasteiger partial charge < -0.3 is 30.5 Å². The lowest BCUT2D eigenvalue weighted by Gasteiger charge is -2.28. The second-order valence-corrected chi connectivity index (χ2v) is 6.40. The van der Waals surface area contributed by atoms with Crippen LogP contribution >= 0.6 is 0 Å². The van der Waals surface area contributed by atoms with Crippen molar-refractivity contribution >= 4 is 11.9 Å². The Morgan fingerprint density at radius 3 is 2.32 bits per heavy atom. The molecule has 0 radical (unpaired) electrons. The highest BCUT2D eigenvalue weighted by molar-refractivity contribution is 5.89. The Balaban J connectivity index is 1.98. The molecular formula is C20H23NO7. The number of ether oxygens (including phenoxy) is 2. The Bertz CT molecular complexity index is 835. The molecular weight excluding hydrogens is 366 g/mol. The monoisotopic (exact) mass is 389 g/mol. The van der Waals surface area contributed by atoms with Gasteiger partial charge in [0.1, 0.15) is 5.75 Å².